The maximum Gasteiger partial charge on any atom is 0.338 e. The minimum atomic E-state index is -0.486. The van der Waals surface area contributed by atoms with Gasteiger partial charge in [0.05, 0.1) is 5.56 Å². The lowest BCUT2D eigenvalue weighted by Crippen LogP contribution is -2.21. The first kappa shape index (κ1) is 18.3. The monoisotopic (exact) mass is 376 g/mol. The Morgan fingerprint density at radius 3 is 2.86 bits per heavy atom. The van der Waals surface area contributed by atoms with Gasteiger partial charge in [-0.05, 0) is 67.5 Å². The molecule has 1 aliphatic rings. The Bertz CT molecular complexity index is 1050. The van der Waals surface area contributed by atoms with Crippen molar-refractivity contribution >= 4 is 28.5 Å². The van der Waals surface area contributed by atoms with Crippen LogP contribution in [0.25, 0.3) is 10.9 Å². The van der Waals surface area contributed by atoms with Gasteiger partial charge < -0.3 is 15.0 Å². The standard InChI is InChI=1S/C23H24N2O3/c1-14-7-9-20-17(11-14)18-12-16(8-10-21(18)24-20)23(27)28-13-22(26)25-19-6-4-3-5-15(19)2/h3-6,8,10,12,14,24H,7,9,11,13H2,1-2H3,(H,25,26). The lowest BCUT2D eigenvalue weighted by Gasteiger charge is -2.18. The van der Waals surface area contributed by atoms with Gasteiger partial charge in [-0.3, -0.25) is 4.79 Å². The Labute approximate surface area is 164 Å². The number of hydrogen-bond acceptors (Lipinski definition) is 3. The summed E-state index contributed by atoms with van der Waals surface area (Å²) in [5, 5.41) is 3.85. The lowest BCUT2D eigenvalue weighted by molar-refractivity contribution is -0.119. The van der Waals surface area contributed by atoms with Crippen molar-refractivity contribution in [3.8, 4) is 0 Å². The van der Waals surface area contributed by atoms with E-state index >= 15 is 0 Å². The molecule has 1 aromatic heterocycles. The second-order valence-corrected chi connectivity index (χ2v) is 7.63. The smallest absolute Gasteiger partial charge is 0.338 e. The molecule has 0 aliphatic heterocycles. The molecule has 4 rings (SSSR count). The molecule has 3 aromatic rings. The largest absolute Gasteiger partial charge is 0.452 e. The number of hydrogen-bond donors (Lipinski definition) is 2. The predicted molar refractivity (Wildman–Crippen MR) is 110 cm³/mol. The minimum Gasteiger partial charge on any atom is -0.452 e. The minimum absolute atomic E-state index is 0.312. The summed E-state index contributed by atoms with van der Waals surface area (Å²) in [5.41, 5.74) is 5.78. The highest BCUT2D eigenvalue weighted by Gasteiger charge is 2.21. The number of amides is 1. The number of aromatic nitrogens is 1. The third-order valence-electron chi connectivity index (χ3n) is 5.42. The summed E-state index contributed by atoms with van der Waals surface area (Å²) in [6.45, 7) is 3.86. The van der Waals surface area contributed by atoms with Crippen LogP contribution in [0.4, 0.5) is 5.69 Å². The van der Waals surface area contributed by atoms with Gasteiger partial charge in [-0.15, -0.1) is 0 Å². The number of anilines is 1. The number of aromatic amines is 1. The van der Waals surface area contributed by atoms with Crippen LogP contribution in [0.3, 0.4) is 0 Å². The molecule has 0 spiro atoms. The van der Waals surface area contributed by atoms with Crippen LogP contribution in [0.5, 0.6) is 0 Å². The first-order chi connectivity index (χ1) is 13.5. The number of benzene rings is 2. The van der Waals surface area contributed by atoms with Crippen molar-refractivity contribution in [3.05, 3.63) is 64.8 Å². The van der Waals surface area contributed by atoms with Gasteiger partial charge in [0.1, 0.15) is 0 Å². The molecule has 0 bridgehead atoms. The quantitative estimate of drug-likeness (QED) is 0.663. The Balaban J connectivity index is 1.45. The number of carbonyl (C=O) groups is 2. The molecule has 0 saturated carbocycles. The van der Waals surface area contributed by atoms with E-state index in [1.807, 2.05) is 43.3 Å². The number of para-hydroxylation sites is 1. The van der Waals surface area contributed by atoms with Crippen LogP contribution in [0.2, 0.25) is 0 Å². The van der Waals surface area contributed by atoms with Crippen LogP contribution in [0.15, 0.2) is 42.5 Å². The van der Waals surface area contributed by atoms with Gasteiger partial charge in [0.2, 0.25) is 0 Å². The van der Waals surface area contributed by atoms with Gasteiger partial charge in [-0.2, -0.15) is 0 Å². The maximum atomic E-state index is 12.5. The van der Waals surface area contributed by atoms with Crippen LogP contribution in [-0.4, -0.2) is 23.5 Å². The topological polar surface area (TPSA) is 71.2 Å². The van der Waals surface area contributed by atoms with Crippen molar-refractivity contribution in [1.82, 2.24) is 4.98 Å². The second kappa shape index (κ2) is 7.50. The van der Waals surface area contributed by atoms with Crippen LogP contribution in [-0.2, 0) is 22.4 Å². The van der Waals surface area contributed by atoms with Crippen molar-refractivity contribution < 1.29 is 14.3 Å². The van der Waals surface area contributed by atoms with Crippen molar-refractivity contribution in [2.75, 3.05) is 11.9 Å². The molecule has 0 radical (unpaired) electrons. The van der Waals surface area contributed by atoms with Gasteiger partial charge in [-0.25, -0.2) is 4.79 Å². The molecule has 1 atom stereocenters. The summed E-state index contributed by atoms with van der Waals surface area (Å²) < 4.78 is 5.23. The number of fused-ring (bicyclic) bond motifs is 3. The Morgan fingerprint density at radius 1 is 1.21 bits per heavy atom. The fourth-order valence-electron chi connectivity index (χ4n) is 3.83. The van der Waals surface area contributed by atoms with E-state index in [4.69, 9.17) is 4.74 Å². The first-order valence-electron chi connectivity index (χ1n) is 9.67. The molecule has 2 aromatic carbocycles. The Kier molecular flexibility index (Phi) is 4.90. The number of esters is 1. The zero-order chi connectivity index (χ0) is 19.7. The molecule has 1 amide bonds. The molecule has 5 heteroatoms. The lowest BCUT2D eigenvalue weighted by atomic mass is 9.87. The number of H-pyrrole nitrogens is 1. The highest BCUT2D eigenvalue weighted by Crippen LogP contribution is 2.32. The van der Waals surface area contributed by atoms with Gasteiger partial charge in [0, 0.05) is 22.3 Å². The Morgan fingerprint density at radius 2 is 2.04 bits per heavy atom. The molecule has 1 heterocycles. The average molecular weight is 376 g/mol. The fourth-order valence-corrected chi connectivity index (χ4v) is 3.83. The third kappa shape index (κ3) is 3.65. The van der Waals surface area contributed by atoms with Gasteiger partial charge >= 0.3 is 5.97 Å². The van der Waals surface area contributed by atoms with Crippen molar-refractivity contribution in [3.63, 3.8) is 0 Å². The Hall–Kier alpha value is -3.08. The number of rotatable bonds is 4. The summed E-state index contributed by atoms with van der Waals surface area (Å²) in [5.74, 6) is -0.190. The van der Waals surface area contributed by atoms with Gasteiger partial charge in [-0.1, -0.05) is 25.1 Å². The predicted octanol–water partition coefficient (Wildman–Crippen LogP) is 4.40. The number of carbonyl (C=O) groups excluding carboxylic acids is 2. The van der Waals surface area contributed by atoms with Crippen molar-refractivity contribution in [2.45, 2.75) is 33.1 Å². The fraction of sp³-hybridized carbons (Fsp3) is 0.304. The van der Waals surface area contributed by atoms with E-state index in [-0.39, 0.29) is 12.5 Å². The maximum absolute atomic E-state index is 12.5. The van der Waals surface area contributed by atoms with Crippen LogP contribution >= 0.6 is 0 Å². The number of ether oxygens (including phenoxy) is 1. The average Bonchev–Trinajstić information content (AvgIpc) is 3.05. The molecule has 28 heavy (non-hydrogen) atoms. The molecule has 1 aliphatic carbocycles. The van der Waals surface area contributed by atoms with Gasteiger partial charge in [0.25, 0.3) is 5.91 Å². The summed E-state index contributed by atoms with van der Waals surface area (Å²) in [4.78, 5) is 28.0. The normalized spacial score (nSPS) is 15.9. The summed E-state index contributed by atoms with van der Waals surface area (Å²) in [7, 11) is 0. The van der Waals surface area contributed by atoms with Crippen LogP contribution in [0.1, 0.15) is 40.5 Å². The van der Waals surface area contributed by atoms with Crippen LogP contribution < -0.4 is 5.32 Å². The molecule has 0 fully saturated rings. The third-order valence-corrected chi connectivity index (χ3v) is 5.42. The molecular formula is C23H24N2O3. The van der Waals surface area contributed by atoms with Crippen molar-refractivity contribution in [2.24, 2.45) is 5.92 Å². The van der Waals surface area contributed by atoms with E-state index in [0.717, 1.165) is 35.0 Å². The second-order valence-electron chi connectivity index (χ2n) is 7.63. The van der Waals surface area contributed by atoms with Crippen molar-refractivity contribution in [1.29, 1.82) is 0 Å². The van der Waals surface area contributed by atoms with E-state index in [0.29, 0.717) is 11.5 Å². The molecule has 5 nitrogen and oxygen atoms in total. The first-order valence-corrected chi connectivity index (χ1v) is 9.67. The van der Waals surface area contributed by atoms with E-state index < -0.39 is 5.97 Å². The summed E-state index contributed by atoms with van der Waals surface area (Å²) in [6, 6.07) is 13.0. The van der Waals surface area contributed by atoms with E-state index in [2.05, 4.69) is 17.2 Å². The number of aryl methyl sites for hydroxylation is 2. The van der Waals surface area contributed by atoms with Gasteiger partial charge in [0.15, 0.2) is 6.61 Å². The van der Waals surface area contributed by atoms with E-state index in [1.165, 1.54) is 17.7 Å². The molecular weight excluding hydrogens is 352 g/mol. The molecule has 144 valence electrons. The SMILES string of the molecule is Cc1ccccc1NC(=O)COC(=O)c1ccc2[nH]c3c(c2c1)CC(C)CC3. The molecule has 2 N–H and O–H groups in total. The van der Waals surface area contributed by atoms with Crippen LogP contribution in [0, 0.1) is 12.8 Å². The summed E-state index contributed by atoms with van der Waals surface area (Å²) >= 11 is 0. The van der Waals surface area contributed by atoms with E-state index in [1.54, 1.807) is 6.07 Å². The highest BCUT2D eigenvalue weighted by molar-refractivity contribution is 5.98. The van der Waals surface area contributed by atoms with E-state index in [9.17, 15) is 9.59 Å². The molecule has 1 unspecified atom stereocenters. The molecule has 0 saturated heterocycles. The zero-order valence-corrected chi connectivity index (χ0v) is 16.2. The number of nitrogens with one attached hydrogen (secondary N) is 2. The highest BCUT2D eigenvalue weighted by atomic mass is 16.5. The zero-order valence-electron chi connectivity index (χ0n) is 16.2. The summed E-state index contributed by atoms with van der Waals surface area (Å²) in [6.07, 6.45) is 3.25.